The molecule has 0 unspecified atom stereocenters. The van der Waals surface area contributed by atoms with Crippen LogP contribution in [0.5, 0.6) is 0 Å². The van der Waals surface area contributed by atoms with Gasteiger partial charge in [0.05, 0.1) is 0 Å². The number of sulfone groups is 1. The monoisotopic (exact) mass is 306 g/mol. The normalized spacial score (nSPS) is 17.8. The van der Waals surface area contributed by atoms with Crippen LogP contribution in [0.25, 0.3) is 0 Å². The van der Waals surface area contributed by atoms with E-state index in [-0.39, 0.29) is 5.75 Å². The van der Waals surface area contributed by atoms with Crippen LogP contribution in [0.2, 0.25) is 0 Å². The highest BCUT2D eigenvalue weighted by molar-refractivity contribution is 9.11. The van der Waals surface area contributed by atoms with E-state index in [0.717, 1.165) is 0 Å². The zero-order valence-corrected chi connectivity index (χ0v) is 11.6. The summed E-state index contributed by atoms with van der Waals surface area (Å²) in [6.07, 6.45) is -1.08. The highest BCUT2D eigenvalue weighted by atomic mass is 79.9. The van der Waals surface area contributed by atoms with E-state index < -0.39 is 19.6 Å². The zero-order chi connectivity index (χ0) is 12.4. The molecule has 0 heterocycles. The molecule has 0 amide bonds. The van der Waals surface area contributed by atoms with Crippen LogP contribution in [-0.2, 0) is 9.84 Å². The van der Waals surface area contributed by atoms with Gasteiger partial charge in [0, 0.05) is 5.75 Å². The number of halogens is 1. The van der Waals surface area contributed by atoms with Gasteiger partial charge in [-0.15, -0.1) is 0 Å². The molecule has 5 heteroatoms. The van der Waals surface area contributed by atoms with Gasteiger partial charge in [0.25, 0.3) is 0 Å². The summed E-state index contributed by atoms with van der Waals surface area (Å²) in [7, 11) is -3.38. The molecule has 0 aliphatic heterocycles. The van der Waals surface area contributed by atoms with Crippen molar-refractivity contribution in [3.8, 4) is 0 Å². The summed E-state index contributed by atoms with van der Waals surface area (Å²) in [6.45, 7) is 3.04. The number of hydrogen-bond acceptors (Lipinski definition) is 3. The minimum absolute atomic E-state index is 0.0152. The number of benzene rings is 1. The third-order valence-corrected chi connectivity index (χ3v) is 6.70. The van der Waals surface area contributed by atoms with Crippen molar-refractivity contribution in [3.63, 3.8) is 0 Å². The molecule has 0 aliphatic rings. The summed E-state index contributed by atoms with van der Waals surface area (Å²) in [6, 6.07) is 8.75. The van der Waals surface area contributed by atoms with E-state index in [1.165, 1.54) is 6.92 Å². The Hall–Kier alpha value is -0.390. The second-order valence-corrected chi connectivity index (χ2v) is 8.53. The SMILES string of the molecule is CCS(=O)(=O)[C@](C)(Br)[C@H](O)c1ccccc1. The molecule has 1 N–H and O–H groups in total. The average Bonchev–Trinajstić information content (AvgIpc) is 2.29. The molecular weight excluding hydrogens is 292 g/mol. The largest absolute Gasteiger partial charge is 0.386 e. The van der Waals surface area contributed by atoms with E-state index >= 15 is 0 Å². The Kier molecular flexibility index (Phi) is 4.15. The third-order valence-electron chi connectivity index (χ3n) is 2.59. The minimum atomic E-state index is -3.38. The van der Waals surface area contributed by atoms with Gasteiger partial charge in [-0.2, -0.15) is 0 Å². The van der Waals surface area contributed by atoms with Crippen LogP contribution in [0, 0.1) is 0 Å². The highest BCUT2D eigenvalue weighted by Crippen LogP contribution is 2.38. The van der Waals surface area contributed by atoms with E-state index in [1.807, 2.05) is 6.07 Å². The number of aliphatic hydroxyl groups excluding tert-OH is 1. The van der Waals surface area contributed by atoms with Crippen molar-refractivity contribution in [3.05, 3.63) is 35.9 Å². The Bertz CT molecular complexity index is 440. The van der Waals surface area contributed by atoms with Crippen molar-refractivity contribution < 1.29 is 13.5 Å². The van der Waals surface area contributed by atoms with Gasteiger partial charge < -0.3 is 5.11 Å². The van der Waals surface area contributed by atoms with E-state index in [2.05, 4.69) is 15.9 Å². The average molecular weight is 307 g/mol. The summed E-state index contributed by atoms with van der Waals surface area (Å²) in [4.78, 5) is 0. The van der Waals surface area contributed by atoms with Crippen LogP contribution in [0.4, 0.5) is 0 Å². The van der Waals surface area contributed by atoms with Gasteiger partial charge in [-0.25, -0.2) is 8.42 Å². The minimum Gasteiger partial charge on any atom is -0.386 e. The van der Waals surface area contributed by atoms with Gasteiger partial charge >= 0.3 is 0 Å². The Morgan fingerprint density at radius 2 is 1.88 bits per heavy atom. The molecule has 0 saturated carbocycles. The molecule has 2 atom stereocenters. The summed E-state index contributed by atoms with van der Waals surface area (Å²) < 4.78 is 22.3. The predicted molar refractivity (Wildman–Crippen MR) is 68.2 cm³/mol. The highest BCUT2D eigenvalue weighted by Gasteiger charge is 2.42. The van der Waals surface area contributed by atoms with Crippen LogP contribution in [0.15, 0.2) is 30.3 Å². The van der Waals surface area contributed by atoms with Gasteiger partial charge in [-0.3, -0.25) is 0 Å². The lowest BCUT2D eigenvalue weighted by molar-refractivity contribution is 0.167. The van der Waals surface area contributed by atoms with Gasteiger partial charge in [0.15, 0.2) is 13.5 Å². The van der Waals surface area contributed by atoms with Gasteiger partial charge in [0.1, 0.15) is 6.10 Å². The summed E-state index contributed by atoms with van der Waals surface area (Å²) in [5, 5.41) is 10.1. The molecule has 16 heavy (non-hydrogen) atoms. The zero-order valence-electron chi connectivity index (χ0n) is 9.22. The van der Waals surface area contributed by atoms with Gasteiger partial charge in [-0.05, 0) is 12.5 Å². The third kappa shape index (κ3) is 2.47. The lowest BCUT2D eigenvalue weighted by Crippen LogP contribution is -2.36. The number of rotatable bonds is 4. The first-order chi connectivity index (χ1) is 7.33. The van der Waals surface area contributed by atoms with E-state index in [0.29, 0.717) is 5.56 Å². The summed E-state index contributed by atoms with van der Waals surface area (Å²) in [5.41, 5.74) is 0.582. The molecule has 90 valence electrons. The fourth-order valence-corrected chi connectivity index (χ4v) is 3.38. The first kappa shape index (κ1) is 13.7. The van der Waals surface area contributed by atoms with Crippen LogP contribution < -0.4 is 0 Å². The molecule has 0 spiro atoms. The molecule has 0 saturated heterocycles. The van der Waals surface area contributed by atoms with Crippen molar-refractivity contribution >= 4 is 25.8 Å². The van der Waals surface area contributed by atoms with Crippen molar-refractivity contribution in [1.29, 1.82) is 0 Å². The molecule has 0 radical (unpaired) electrons. The van der Waals surface area contributed by atoms with Gasteiger partial charge in [-0.1, -0.05) is 53.2 Å². The number of hydrogen-bond donors (Lipinski definition) is 1. The van der Waals surface area contributed by atoms with E-state index in [1.54, 1.807) is 31.2 Å². The maximum atomic E-state index is 11.8. The van der Waals surface area contributed by atoms with Crippen LogP contribution in [0.1, 0.15) is 25.5 Å². The van der Waals surface area contributed by atoms with Crippen molar-refractivity contribution in [2.24, 2.45) is 0 Å². The molecule has 0 aliphatic carbocycles. The molecule has 1 aromatic rings. The van der Waals surface area contributed by atoms with Crippen LogP contribution >= 0.6 is 15.9 Å². The van der Waals surface area contributed by atoms with E-state index in [9.17, 15) is 13.5 Å². The van der Waals surface area contributed by atoms with Crippen molar-refractivity contribution in [2.75, 3.05) is 5.75 Å². The maximum absolute atomic E-state index is 11.8. The number of alkyl halides is 1. The first-order valence-corrected chi connectivity index (χ1v) is 7.41. The Morgan fingerprint density at radius 1 is 1.38 bits per heavy atom. The van der Waals surface area contributed by atoms with Crippen LogP contribution in [-0.4, -0.2) is 22.9 Å². The molecule has 0 bridgehead atoms. The first-order valence-electron chi connectivity index (χ1n) is 4.97. The van der Waals surface area contributed by atoms with Gasteiger partial charge in [0.2, 0.25) is 0 Å². The Balaban J connectivity index is 3.11. The fourth-order valence-electron chi connectivity index (χ4n) is 1.39. The Morgan fingerprint density at radius 3 is 2.31 bits per heavy atom. The van der Waals surface area contributed by atoms with E-state index in [4.69, 9.17) is 0 Å². The fraction of sp³-hybridized carbons (Fsp3) is 0.455. The standard InChI is InChI=1S/C11H15BrO3S/c1-3-16(14,15)11(2,12)10(13)9-7-5-4-6-8-9/h4-8,10,13H,3H2,1-2H3/t10-,11+/m1/s1. The van der Waals surface area contributed by atoms with Crippen molar-refractivity contribution in [1.82, 2.24) is 0 Å². The lowest BCUT2D eigenvalue weighted by Gasteiger charge is -2.28. The number of aliphatic hydroxyl groups is 1. The molecule has 0 fully saturated rings. The lowest BCUT2D eigenvalue weighted by atomic mass is 10.1. The second-order valence-electron chi connectivity index (χ2n) is 3.70. The van der Waals surface area contributed by atoms with Crippen LogP contribution in [0.3, 0.4) is 0 Å². The topological polar surface area (TPSA) is 54.4 Å². The molecule has 1 aromatic carbocycles. The van der Waals surface area contributed by atoms with Crippen molar-refractivity contribution in [2.45, 2.75) is 23.6 Å². The summed E-state index contributed by atoms with van der Waals surface area (Å²) >= 11 is 3.13. The smallest absolute Gasteiger partial charge is 0.168 e. The summed E-state index contributed by atoms with van der Waals surface area (Å²) in [5.74, 6) is -0.0152. The maximum Gasteiger partial charge on any atom is 0.168 e. The second kappa shape index (κ2) is 4.85. The molecule has 0 aromatic heterocycles. The molecule has 3 nitrogen and oxygen atoms in total. The molecular formula is C11H15BrO3S. The Labute approximate surface area is 105 Å². The molecule has 1 rings (SSSR count). The predicted octanol–water partition coefficient (Wildman–Crippen LogP) is 2.27. The quantitative estimate of drug-likeness (QED) is 0.868.